The van der Waals surface area contributed by atoms with Crippen LogP contribution in [-0.4, -0.2) is 53.7 Å². The van der Waals surface area contributed by atoms with Crippen LogP contribution in [0.3, 0.4) is 0 Å². The Morgan fingerprint density at radius 3 is 2.36 bits per heavy atom. The van der Waals surface area contributed by atoms with E-state index in [-0.39, 0.29) is 17.3 Å². The Kier molecular flexibility index (Phi) is 7.61. The summed E-state index contributed by atoms with van der Waals surface area (Å²) < 4.78 is 34.8. The molecule has 0 radical (unpaired) electrons. The topological polar surface area (TPSA) is 61.9 Å². The fraction of sp³-hybridized carbons (Fsp3) is 0.368. The van der Waals surface area contributed by atoms with Gasteiger partial charge in [0.05, 0.1) is 17.7 Å². The fourth-order valence-corrected chi connectivity index (χ4v) is 4.45. The molecule has 1 aliphatic rings. The number of rotatable bonds is 5. The van der Waals surface area contributed by atoms with E-state index < -0.39 is 10.0 Å². The second-order valence-electron chi connectivity index (χ2n) is 6.69. The Labute approximate surface area is 181 Å². The van der Waals surface area contributed by atoms with Crippen LogP contribution in [0.5, 0.6) is 5.75 Å². The second kappa shape index (κ2) is 9.35. The number of hydrogen-bond acceptors (Lipinski definition) is 5. The number of piperazine rings is 1. The maximum absolute atomic E-state index is 12.9. The largest absolute Gasteiger partial charge is 0.495 e. The number of benzene rings is 2. The number of aryl methyl sites for hydroxylation is 1. The van der Waals surface area contributed by atoms with E-state index in [1.165, 1.54) is 0 Å². The summed E-state index contributed by atoms with van der Waals surface area (Å²) in [5.41, 5.74) is 2.36. The van der Waals surface area contributed by atoms with Gasteiger partial charge in [-0.2, -0.15) is 0 Å². The van der Waals surface area contributed by atoms with Gasteiger partial charge in [-0.25, -0.2) is 8.42 Å². The van der Waals surface area contributed by atoms with Crippen LogP contribution in [-0.2, 0) is 10.0 Å². The van der Waals surface area contributed by atoms with Crippen LogP contribution in [0.4, 0.5) is 11.4 Å². The van der Waals surface area contributed by atoms with Gasteiger partial charge in [-0.15, -0.1) is 12.4 Å². The number of halogens is 2. The average molecular weight is 491 g/mol. The molecule has 2 aromatic carbocycles. The van der Waals surface area contributed by atoms with Crippen molar-refractivity contribution in [2.75, 3.05) is 50.0 Å². The van der Waals surface area contributed by atoms with Crippen molar-refractivity contribution in [1.29, 1.82) is 0 Å². The van der Waals surface area contributed by atoms with E-state index in [9.17, 15) is 8.42 Å². The number of methoxy groups -OCH3 is 1. The summed E-state index contributed by atoms with van der Waals surface area (Å²) in [7, 11) is -0.0186. The van der Waals surface area contributed by atoms with Crippen molar-refractivity contribution in [2.45, 2.75) is 11.8 Å². The SMILES string of the molecule is COc1ccc(S(=O)(=O)Nc2ccc(C)c(Br)c2)cc1N1CCN(C)CC1.Cl. The molecule has 0 amide bonds. The molecule has 1 N–H and O–H groups in total. The maximum Gasteiger partial charge on any atom is 0.261 e. The van der Waals surface area contributed by atoms with E-state index in [1.807, 2.05) is 13.0 Å². The van der Waals surface area contributed by atoms with E-state index in [2.05, 4.69) is 37.5 Å². The smallest absolute Gasteiger partial charge is 0.261 e. The summed E-state index contributed by atoms with van der Waals surface area (Å²) >= 11 is 3.44. The quantitative estimate of drug-likeness (QED) is 0.692. The van der Waals surface area contributed by atoms with Crippen molar-refractivity contribution in [1.82, 2.24) is 4.90 Å². The van der Waals surface area contributed by atoms with Crippen molar-refractivity contribution in [2.24, 2.45) is 0 Å². The van der Waals surface area contributed by atoms with Gasteiger partial charge in [-0.05, 0) is 49.9 Å². The van der Waals surface area contributed by atoms with Crippen molar-refractivity contribution < 1.29 is 13.2 Å². The van der Waals surface area contributed by atoms with Crippen LogP contribution in [0.1, 0.15) is 5.56 Å². The lowest BCUT2D eigenvalue weighted by atomic mass is 10.2. The summed E-state index contributed by atoms with van der Waals surface area (Å²) in [4.78, 5) is 4.63. The lowest BCUT2D eigenvalue weighted by Crippen LogP contribution is -2.44. The molecule has 0 aromatic heterocycles. The Bertz CT molecular complexity index is 932. The lowest BCUT2D eigenvalue weighted by Gasteiger charge is -2.34. The van der Waals surface area contributed by atoms with E-state index in [1.54, 1.807) is 37.4 Å². The van der Waals surface area contributed by atoms with Gasteiger partial charge in [0.15, 0.2) is 0 Å². The number of nitrogens with zero attached hydrogens (tertiary/aromatic N) is 2. The number of anilines is 2. The third kappa shape index (κ3) is 5.11. The third-order valence-electron chi connectivity index (χ3n) is 4.73. The molecule has 3 rings (SSSR count). The first-order valence-corrected chi connectivity index (χ1v) is 11.0. The minimum Gasteiger partial charge on any atom is -0.495 e. The predicted molar refractivity (Wildman–Crippen MR) is 120 cm³/mol. The zero-order chi connectivity index (χ0) is 19.6. The minimum absolute atomic E-state index is 0. The highest BCUT2D eigenvalue weighted by molar-refractivity contribution is 9.10. The zero-order valence-corrected chi connectivity index (χ0v) is 19.3. The van der Waals surface area contributed by atoms with Gasteiger partial charge in [0.25, 0.3) is 10.0 Å². The van der Waals surface area contributed by atoms with Crippen molar-refractivity contribution >= 4 is 49.7 Å². The van der Waals surface area contributed by atoms with E-state index in [4.69, 9.17) is 4.74 Å². The van der Waals surface area contributed by atoms with Crippen LogP contribution < -0.4 is 14.4 Å². The number of ether oxygens (including phenoxy) is 1. The van der Waals surface area contributed by atoms with Crippen LogP contribution in [0, 0.1) is 6.92 Å². The van der Waals surface area contributed by atoms with E-state index in [0.29, 0.717) is 11.4 Å². The molecule has 1 saturated heterocycles. The third-order valence-corrected chi connectivity index (χ3v) is 6.96. The highest BCUT2D eigenvalue weighted by Gasteiger charge is 2.22. The van der Waals surface area contributed by atoms with Crippen molar-refractivity contribution in [3.63, 3.8) is 0 Å². The lowest BCUT2D eigenvalue weighted by molar-refractivity contribution is 0.311. The first-order chi connectivity index (χ1) is 12.8. The first-order valence-electron chi connectivity index (χ1n) is 8.70. The number of sulfonamides is 1. The highest BCUT2D eigenvalue weighted by Crippen LogP contribution is 2.32. The van der Waals surface area contributed by atoms with Crippen molar-refractivity contribution in [3.8, 4) is 5.75 Å². The van der Waals surface area contributed by atoms with Gasteiger partial charge < -0.3 is 14.5 Å². The molecule has 28 heavy (non-hydrogen) atoms. The fourth-order valence-electron chi connectivity index (χ4n) is 3.00. The Balaban J connectivity index is 0.00000280. The summed E-state index contributed by atoms with van der Waals surface area (Å²) in [6.45, 7) is 5.46. The summed E-state index contributed by atoms with van der Waals surface area (Å²) in [6.07, 6.45) is 0. The number of hydrogen-bond donors (Lipinski definition) is 1. The molecule has 1 fully saturated rings. The Morgan fingerprint density at radius 1 is 1.07 bits per heavy atom. The zero-order valence-electron chi connectivity index (χ0n) is 16.1. The Hall–Kier alpha value is -1.48. The molecule has 0 atom stereocenters. The number of likely N-dealkylation sites (N-methyl/N-ethyl adjacent to an activating group) is 1. The van der Waals surface area contributed by atoms with Gasteiger partial charge in [0.2, 0.25) is 0 Å². The van der Waals surface area contributed by atoms with Gasteiger partial charge in [-0.3, -0.25) is 4.72 Å². The molecule has 1 aliphatic heterocycles. The van der Waals surface area contributed by atoms with Gasteiger partial charge in [0.1, 0.15) is 5.75 Å². The molecule has 0 spiro atoms. The molecule has 9 heteroatoms. The maximum atomic E-state index is 12.9. The van der Waals surface area contributed by atoms with Crippen molar-refractivity contribution in [3.05, 3.63) is 46.4 Å². The molecular weight excluding hydrogens is 466 g/mol. The minimum atomic E-state index is -3.70. The average Bonchev–Trinajstić information content (AvgIpc) is 2.64. The highest BCUT2D eigenvalue weighted by atomic mass is 79.9. The summed E-state index contributed by atoms with van der Waals surface area (Å²) in [5.74, 6) is 0.677. The van der Waals surface area contributed by atoms with E-state index in [0.717, 1.165) is 41.9 Å². The molecule has 2 aromatic rings. The number of nitrogens with one attached hydrogen (secondary N) is 1. The van der Waals surface area contributed by atoms with Crippen LogP contribution >= 0.6 is 28.3 Å². The summed E-state index contributed by atoms with van der Waals surface area (Å²) in [6, 6.07) is 10.4. The van der Waals surface area contributed by atoms with Crippen LogP contribution in [0.25, 0.3) is 0 Å². The molecule has 0 bridgehead atoms. The standard InChI is InChI=1S/C19H24BrN3O3S.ClH/c1-14-4-5-15(12-17(14)20)21-27(24,25)16-6-7-19(26-3)18(13-16)23-10-8-22(2)9-11-23;/h4-7,12-13,21H,8-11H2,1-3H3;1H. The molecule has 0 aliphatic carbocycles. The normalized spacial score (nSPS) is 15.1. The second-order valence-corrected chi connectivity index (χ2v) is 9.23. The molecule has 6 nitrogen and oxygen atoms in total. The molecule has 0 saturated carbocycles. The molecule has 154 valence electrons. The first kappa shape index (κ1) is 22.8. The molecule has 0 unspecified atom stereocenters. The van der Waals surface area contributed by atoms with Gasteiger partial charge >= 0.3 is 0 Å². The predicted octanol–water partition coefficient (Wildman–Crippen LogP) is 3.74. The van der Waals surface area contributed by atoms with Gasteiger partial charge in [0, 0.05) is 36.3 Å². The Morgan fingerprint density at radius 2 is 1.75 bits per heavy atom. The van der Waals surface area contributed by atoms with Gasteiger partial charge in [-0.1, -0.05) is 22.0 Å². The van der Waals surface area contributed by atoms with Crippen LogP contribution in [0.2, 0.25) is 0 Å². The monoisotopic (exact) mass is 489 g/mol. The molecule has 1 heterocycles. The summed E-state index contributed by atoms with van der Waals surface area (Å²) in [5, 5.41) is 0. The molecular formula is C19H25BrClN3O3S. The van der Waals surface area contributed by atoms with E-state index >= 15 is 0 Å². The van der Waals surface area contributed by atoms with Crippen LogP contribution in [0.15, 0.2) is 45.8 Å².